The molecule has 2 rings (SSSR count). The average Bonchev–Trinajstić information content (AvgIpc) is 2.84. The second-order valence-electron chi connectivity index (χ2n) is 4.37. The van der Waals surface area contributed by atoms with E-state index in [1.54, 1.807) is 4.90 Å². The lowest BCUT2D eigenvalue weighted by molar-refractivity contribution is -0.861. The van der Waals surface area contributed by atoms with Gasteiger partial charge >= 0.3 is 24.1 Å². The van der Waals surface area contributed by atoms with E-state index in [0.29, 0.717) is 26.2 Å². The van der Waals surface area contributed by atoms with Crippen molar-refractivity contribution in [1.29, 1.82) is 0 Å². The molecular weight excluding hydrogens is 254 g/mol. The molecule has 0 radical (unpaired) electrons. The van der Waals surface area contributed by atoms with Crippen LogP contribution in [-0.2, 0) is 9.53 Å². The summed E-state index contributed by atoms with van der Waals surface area (Å²) in [6.45, 7) is 3.05. The van der Waals surface area contributed by atoms with Gasteiger partial charge in [0.15, 0.2) is 13.1 Å². The number of hydrogen-bond acceptors (Lipinski definition) is 6. The molecule has 1 aromatic heterocycles. The van der Waals surface area contributed by atoms with E-state index in [-0.39, 0.29) is 16.4 Å². The lowest BCUT2D eigenvalue weighted by Crippen LogP contribution is -2.82. The molecule has 2 amide bonds. The van der Waals surface area contributed by atoms with E-state index in [0.717, 1.165) is 0 Å². The summed E-state index contributed by atoms with van der Waals surface area (Å²) in [6, 6.07) is 0. The maximum absolute atomic E-state index is 12.0. The van der Waals surface area contributed by atoms with Gasteiger partial charge in [-0.3, -0.25) is 9.42 Å². The van der Waals surface area contributed by atoms with Crippen LogP contribution < -0.4 is 15.1 Å². The van der Waals surface area contributed by atoms with Gasteiger partial charge in [-0.1, -0.05) is 0 Å². The van der Waals surface area contributed by atoms with Crippen molar-refractivity contribution < 1.29 is 23.6 Å². The summed E-state index contributed by atoms with van der Waals surface area (Å²) < 4.78 is 9.42. The third-order valence-electron chi connectivity index (χ3n) is 3.36. The number of nitrogens with two attached hydrogens (primary N) is 1. The molecule has 2 N–H and O–H groups in total. The highest BCUT2D eigenvalue weighted by atomic mass is 16.5. The molecule has 9 heteroatoms. The summed E-state index contributed by atoms with van der Waals surface area (Å²) in [4.78, 5) is 26.4. The summed E-state index contributed by atoms with van der Waals surface area (Å²) in [7, 11) is 1.33. The highest BCUT2D eigenvalue weighted by Gasteiger charge is 2.50. The molecule has 1 aliphatic heterocycles. The number of nitrogens with zero attached hydrogens (tertiary/aromatic N) is 4. The topological polar surface area (TPSA) is 103 Å². The number of anilines is 1. The van der Waals surface area contributed by atoms with E-state index in [1.165, 1.54) is 25.0 Å². The highest BCUT2D eigenvalue weighted by Crippen LogP contribution is 2.09. The summed E-state index contributed by atoms with van der Waals surface area (Å²) in [5.74, 6) is 0.0389. The molecule has 0 aromatic carbocycles. The Bertz CT molecular complexity index is 492. The van der Waals surface area contributed by atoms with Crippen LogP contribution in [0.5, 0.6) is 0 Å². The molecule has 1 aliphatic rings. The Labute approximate surface area is 109 Å². The first kappa shape index (κ1) is 13.3. The molecule has 1 fully saturated rings. The molecule has 0 unspecified atom stereocenters. The van der Waals surface area contributed by atoms with Crippen LogP contribution in [0.4, 0.5) is 10.7 Å². The van der Waals surface area contributed by atoms with Crippen LogP contribution in [0, 0.1) is 0 Å². The number of carbonyl (C=O) groups is 2. The smallest absolute Gasteiger partial charge is 0.409 e. The third kappa shape index (κ3) is 2.24. The minimum atomic E-state index is -0.397. The molecule has 9 nitrogen and oxygen atoms in total. The van der Waals surface area contributed by atoms with E-state index in [9.17, 15) is 9.59 Å². The Kier molecular flexibility index (Phi) is 3.38. The molecule has 0 aliphatic carbocycles. The number of amides is 2. The first-order chi connectivity index (χ1) is 8.99. The minimum Gasteiger partial charge on any atom is -0.453 e. The normalized spacial score (nSPS) is 18.1. The van der Waals surface area contributed by atoms with Crippen LogP contribution >= 0.6 is 0 Å². The minimum absolute atomic E-state index is 0.0474. The molecule has 1 aromatic rings. The number of ether oxygens (including phenoxy) is 1. The van der Waals surface area contributed by atoms with E-state index in [2.05, 4.69) is 10.0 Å². The van der Waals surface area contributed by atoms with Gasteiger partial charge in [0.1, 0.15) is 4.79 Å². The first-order valence-corrected chi connectivity index (χ1v) is 5.85. The molecule has 1 saturated heterocycles. The zero-order valence-corrected chi connectivity index (χ0v) is 10.9. The summed E-state index contributed by atoms with van der Waals surface area (Å²) in [5.41, 5.74) is 5.49. The first-order valence-electron chi connectivity index (χ1n) is 5.85. The van der Waals surface area contributed by atoms with Crippen LogP contribution in [-0.4, -0.2) is 55.5 Å². The van der Waals surface area contributed by atoms with E-state index in [4.69, 9.17) is 10.3 Å². The Morgan fingerprint density at radius 2 is 2.16 bits per heavy atom. The molecule has 0 bridgehead atoms. The Hall–Kier alpha value is -2.16. The van der Waals surface area contributed by atoms with Crippen molar-refractivity contribution in [1.82, 2.24) is 14.8 Å². The highest BCUT2D eigenvalue weighted by molar-refractivity contribution is 5.78. The predicted molar refractivity (Wildman–Crippen MR) is 63.0 cm³/mol. The standard InChI is InChI=1S/C10H17N5O4/c1-8(16)15(14-7-9(11)19-12-14)5-3-13(4-6-15)10(17)18-2/h7H,3-6,11H2,1-2H3/q+2. The predicted octanol–water partition coefficient (Wildman–Crippen LogP) is -1.39. The second-order valence-corrected chi connectivity index (χ2v) is 4.37. The van der Waals surface area contributed by atoms with Gasteiger partial charge in [-0.2, -0.15) is 0 Å². The molecule has 0 atom stereocenters. The van der Waals surface area contributed by atoms with Crippen molar-refractivity contribution in [3.63, 3.8) is 0 Å². The third-order valence-corrected chi connectivity index (χ3v) is 3.36. The zero-order chi connectivity index (χ0) is 14.0. The molecule has 19 heavy (non-hydrogen) atoms. The fraction of sp³-hybridized carbons (Fsp3) is 0.600. The van der Waals surface area contributed by atoms with Gasteiger partial charge < -0.3 is 10.5 Å². The molecule has 0 saturated carbocycles. The van der Waals surface area contributed by atoms with Gasteiger partial charge in [0, 0.05) is 0 Å². The van der Waals surface area contributed by atoms with Gasteiger partial charge in [-0.25, -0.2) is 9.59 Å². The largest absolute Gasteiger partial charge is 0.453 e. The number of rotatable bonds is 1. The van der Waals surface area contributed by atoms with Crippen LogP contribution in [0.15, 0.2) is 10.7 Å². The van der Waals surface area contributed by atoms with Crippen molar-refractivity contribution >= 4 is 17.9 Å². The Morgan fingerprint density at radius 1 is 1.53 bits per heavy atom. The Morgan fingerprint density at radius 3 is 2.58 bits per heavy atom. The fourth-order valence-electron chi connectivity index (χ4n) is 2.20. The zero-order valence-electron chi connectivity index (χ0n) is 10.9. The van der Waals surface area contributed by atoms with Gasteiger partial charge in [0.25, 0.3) is 5.27 Å². The summed E-state index contributed by atoms with van der Waals surface area (Å²) in [5, 5.41) is 3.76. The maximum Gasteiger partial charge on any atom is 0.409 e. The lowest BCUT2D eigenvalue weighted by Gasteiger charge is -2.32. The molecule has 0 spiro atoms. The van der Waals surface area contributed by atoms with Gasteiger partial charge in [0.05, 0.1) is 27.1 Å². The monoisotopic (exact) mass is 271 g/mol. The van der Waals surface area contributed by atoms with E-state index >= 15 is 0 Å². The van der Waals surface area contributed by atoms with Crippen molar-refractivity contribution in [2.75, 3.05) is 39.0 Å². The Balaban J connectivity index is 2.21. The fourth-order valence-corrected chi connectivity index (χ4v) is 2.20. The number of piperazine rings is 1. The van der Waals surface area contributed by atoms with Crippen LogP contribution in [0.2, 0.25) is 0 Å². The number of nitrogen functional groups attached to an aromatic ring is 1. The van der Waals surface area contributed by atoms with Crippen LogP contribution in [0.3, 0.4) is 0 Å². The number of methoxy groups -OCH3 is 1. The second kappa shape index (κ2) is 4.84. The molecule has 2 heterocycles. The van der Waals surface area contributed by atoms with Gasteiger partial charge in [0.2, 0.25) is 0 Å². The average molecular weight is 271 g/mol. The lowest BCUT2D eigenvalue weighted by atomic mass is 10.3. The number of aromatic nitrogens is 2. The number of hydrogen-bond donors (Lipinski definition) is 1. The maximum atomic E-state index is 12.0. The summed E-state index contributed by atoms with van der Waals surface area (Å²) >= 11 is 0. The van der Waals surface area contributed by atoms with Crippen molar-refractivity contribution in [3.8, 4) is 0 Å². The van der Waals surface area contributed by atoms with Crippen LogP contribution in [0.1, 0.15) is 6.92 Å². The van der Waals surface area contributed by atoms with Crippen LogP contribution in [0.25, 0.3) is 0 Å². The van der Waals surface area contributed by atoms with E-state index < -0.39 is 6.09 Å². The van der Waals surface area contributed by atoms with Gasteiger partial charge in [-0.15, -0.1) is 0 Å². The van der Waals surface area contributed by atoms with E-state index in [1.807, 2.05) is 0 Å². The van der Waals surface area contributed by atoms with Crippen molar-refractivity contribution in [2.24, 2.45) is 0 Å². The summed E-state index contributed by atoms with van der Waals surface area (Å²) in [6.07, 6.45) is 1.07. The molecule has 104 valence electrons. The number of carbonyl (C=O) groups excluding carboxylic acids is 2. The van der Waals surface area contributed by atoms with Crippen molar-refractivity contribution in [3.05, 3.63) is 6.20 Å². The number of quaternary nitrogens is 1. The molecular formula is C10H17N5O4+2. The SMILES string of the molecule is COC(=O)N1CC[N+](C(C)=O)([n+]2cc(N)on2)CC1. The van der Waals surface area contributed by atoms with Crippen molar-refractivity contribution in [2.45, 2.75) is 6.92 Å². The quantitative estimate of drug-likeness (QED) is 0.498. The van der Waals surface area contributed by atoms with Gasteiger partial charge in [-0.05, 0) is 4.59 Å².